The molecule has 0 aromatic heterocycles. The first-order valence-electron chi connectivity index (χ1n) is 8.41. The average Bonchev–Trinajstić information content (AvgIpc) is 2.38. The van der Waals surface area contributed by atoms with Crippen LogP contribution in [0.3, 0.4) is 0 Å². The van der Waals surface area contributed by atoms with Gasteiger partial charge in [-0.3, -0.25) is 9.59 Å². The van der Waals surface area contributed by atoms with Gasteiger partial charge >= 0.3 is 11.9 Å². The van der Waals surface area contributed by atoms with Gasteiger partial charge in [0.05, 0.1) is 25.0 Å². The molecule has 0 aliphatic heterocycles. The maximum atomic E-state index is 10.9. The molecule has 4 nitrogen and oxygen atoms in total. The molecule has 0 N–H and O–H groups in total. The van der Waals surface area contributed by atoms with Crippen LogP contribution in [0.25, 0.3) is 0 Å². The lowest BCUT2D eigenvalue weighted by Gasteiger charge is -2.07. The first-order chi connectivity index (χ1) is 10.1. The van der Waals surface area contributed by atoms with Gasteiger partial charge in [0.15, 0.2) is 0 Å². The van der Waals surface area contributed by atoms with E-state index in [0.717, 1.165) is 12.8 Å². The maximum absolute atomic E-state index is 10.9. The van der Waals surface area contributed by atoms with Crippen LogP contribution in [-0.4, -0.2) is 25.2 Å². The zero-order valence-corrected chi connectivity index (χ0v) is 15.8. The zero-order chi connectivity index (χ0) is 17.7. The Labute approximate surface area is 136 Å². The lowest BCUT2D eigenvalue weighted by atomic mass is 10.1. The highest BCUT2D eigenvalue weighted by molar-refractivity contribution is 5.71. The Morgan fingerprint density at radius 2 is 0.909 bits per heavy atom. The van der Waals surface area contributed by atoms with Crippen molar-refractivity contribution in [1.29, 1.82) is 0 Å². The molecule has 0 aliphatic carbocycles. The van der Waals surface area contributed by atoms with Gasteiger partial charge in [-0.25, -0.2) is 0 Å². The van der Waals surface area contributed by atoms with Crippen LogP contribution in [0.2, 0.25) is 0 Å². The van der Waals surface area contributed by atoms with Crippen LogP contribution in [-0.2, 0) is 19.1 Å². The second-order valence-electron chi connectivity index (χ2n) is 7.01. The quantitative estimate of drug-likeness (QED) is 0.620. The van der Waals surface area contributed by atoms with Crippen molar-refractivity contribution in [2.75, 3.05) is 13.2 Å². The van der Waals surface area contributed by atoms with Gasteiger partial charge in [0.2, 0.25) is 0 Å². The summed E-state index contributed by atoms with van der Waals surface area (Å²) >= 11 is 0. The van der Waals surface area contributed by atoms with Crippen molar-refractivity contribution < 1.29 is 19.1 Å². The normalized spacial score (nSPS) is 10.7. The molecule has 0 rings (SSSR count). The molecular formula is C18H36O4. The Hall–Kier alpha value is -1.06. The molecule has 0 radical (unpaired) electrons. The molecule has 4 heteroatoms. The van der Waals surface area contributed by atoms with Gasteiger partial charge in [-0.15, -0.1) is 0 Å². The van der Waals surface area contributed by atoms with Gasteiger partial charge in [-0.2, -0.15) is 0 Å². The predicted molar refractivity (Wildman–Crippen MR) is 90.5 cm³/mol. The van der Waals surface area contributed by atoms with E-state index in [4.69, 9.17) is 9.47 Å². The van der Waals surface area contributed by atoms with Crippen molar-refractivity contribution >= 4 is 11.9 Å². The van der Waals surface area contributed by atoms with Crippen LogP contribution in [0.15, 0.2) is 0 Å². The Balaban J connectivity index is 0. The molecule has 0 bridgehead atoms. The van der Waals surface area contributed by atoms with Gasteiger partial charge in [0.1, 0.15) is 0 Å². The number of esters is 2. The second-order valence-corrected chi connectivity index (χ2v) is 7.01. The SMILES string of the molecule is CC(C)CCOC(=O)C(C)C.CC(C)CCOC(=O)C(C)C. The monoisotopic (exact) mass is 316 g/mol. The van der Waals surface area contributed by atoms with Crippen molar-refractivity contribution in [3.63, 3.8) is 0 Å². The number of ether oxygens (including phenoxy) is 2. The number of carbonyl (C=O) groups is 2. The van der Waals surface area contributed by atoms with E-state index in [1.165, 1.54) is 0 Å². The van der Waals surface area contributed by atoms with E-state index in [2.05, 4.69) is 27.7 Å². The lowest BCUT2D eigenvalue weighted by molar-refractivity contribution is -0.148. The van der Waals surface area contributed by atoms with Crippen LogP contribution in [0.4, 0.5) is 0 Å². The van der Waals surface area contributed by atoms with E-state index < -0.39 is 0 Å². The van der Waals surface area contributed by atoms with E-state index in [9.17, 15) is 9.59 Å². The Morgan fingerprint density at radius 3 is 1.09 bits per heavy atom. The van der Waals surface area contributed by atoms with Gasteiger partial charge in [0.25, 0.3) is 0 Å². The van der Waals surface area contributed by atoms with Gasteiger partial charge in [-0.1, -0.05) is 55.4 Å². The van der Waals surface area contributed by atoms with E-state index in [1.807, 2.05) is 27.7 Å². The molecular weight excluding hydrogens is 280 g/mol. The van der Waals surface area contributed by atoms with Crippen LogP contribution < -0.4 is 0 Å². The molecule has 0 aromatic carbocycles. The summed E-state index contributed by atoms with van der Waals surface area (Å²) in [5.41, 5.74) is 0. The molecule has 22 heavy (non-hydrogen) atoms. The summed E-state index contributed by atoms with van der Waals surface area (Å²) < 4.78 is 9.95. The first-order valence-corrected chi connectivity index (χ1v) is 8.41. The minimum atomic E-state index is -0.0920. The van der Waals surface area contributed by atoms with Crippen LogP contribution in [0.1, 0.15) is 68.2 Å². The van der Waals surface area contributed by atoms with E-state index in [1.54, 1.807) is 0 Å². The molecule has 0 unspecified atom stereocenters. The minimum Gasteiger partial charge on any atom is -0.465 e. The summed E-state index contributed by atoms with van der Waals surface area (Å²) in [5, 5.41) is 0. The number of rotatable bonds is 8. The largest absolute Gasteiger partial charge is 0.465 e. The number of hydrogen-bond acceptors (Lipinski definition) is 4. The second kappa shape index (κ2) is 13.6. The molecule has 0 fully saturated rings. The van der Waals surface area contributed by atoms with Gasteiger partial charge < -0.3 is 9.47 Å². The van der Waals surface area contributed by atoms with E-state index >= 15 is 0 Å². The Bertz CT molecular complexity index is 263. The first kappa shape index (κ1) is 23.2. The maximum Gasteiger partial charge on any atom is 0.308 e. The van der Waals surface area contributed by atoms with Crippen LogP contribution in [0.5, 0.6) is 0 Å². The third kappa shape index (κ3) is 17.0. The van der Waals surface area contributed by atoms with E-state index in [-0.39, 0.29) is 23.8 Å². The molecule has 0 amide bonds. The average molecular weight is 316 g/mol. The molecule has 0 spiro atoms. The molecule has 0 aliphatic rings. The molecule has 0 aromatic rings. The predicted octanol–water partition coefficient (Wildman–Crippen LogP) is 4.46. The van der Waals surface area contributed by atoms with Crippen molar-refractivity contribution in [3.05, 3.63) is 0 Å². The fourth-order valence-electron chi connectivity index (χ4n) is 1.12. The summed E-state index contributed by atoms with van der Waals surface area (Å²) in [4.78, 5) is 21.8. The van der Waals surface area contributed by atoms with Crippen LogP contribution in [0, 0.1) is 23.7 Å². The van der Waals surface area contributed by atoms with Crippen molar-refractivity contribution in [2.24, 2.45) is 23.7 Å². The van der Waals surface area contributed by atoms with Crippen LogP contribution >= 0.6 is 0 Å². The van der Waals surface area contributed by atoms with Crippen molar-refractivity contribution in [3.8, 4) is 0 Å². The third-order valence-corrected chi connectivity index (χ3v) is 2.82. The smallest absolute Gasteiger partial charge is 0.308 e. The Kier molecular flexibility index (Phi) is 14.3. The summed E-state index contributed by atoms with van der Waals surface area (Å²) in [6, 6.07) is 0. The highest BCUT2D eigenvalue weighted by Crippen LogP contribution is 2.02. The number of hydrogen-bond donors (Lipinski definition) is 0. The molecule has 0 saturated carbocycles. The number of carbonyl (C=O) groups excluding carboxylic acids is 2. The van der Waals surface area contributed by atoms with Gasteiger partial charge in [0, 0.05) is 0 Å². The zero-order valence-electron chi connectivity index (χ0n) is 15.8. The van der Waals surface area contributed by atoms with Crippen molar-refractivity contribution in [2.45, 2.75) is 68.2 Å². The minimum absolute atomic E-state index is 0.00200. The summed E-state index contributed by atoms with van der Waals surface area (Å²) in [5.74, 6) is 1.03. The highest BCUT2D eigenvalue weighted by Gasteiger charge is 2.08. The molecule has 0 atom stereocenters. The fourth-order valence-corrected chi connectivity index (χ4v) is 1.12. The third-order valence-electron chi connectivity index (χ3n) is 2.82. The molecule has 132 valence electrons. The fraction of sp³-hybridized carbons (Fsp3) is 0.889. The van der Waals surface area contributed by atoms with Crippen molar-refractivity contribution in [1.82, 2.24) is 0 Å². The summed E-state index contributed by atoms with van der Waals surface area (Å²) in [6.45, 7) is 17.0. The van der Waals surface area contributed by atoms with E-state index in [0.29, 0.717) is 25.0 Å². The standard InChI is InChI=1S/2C9H18O2/c2*1-7(2)5-6-11-9(10)8(3)4/h2*7-8H,5-6H2,1-4H3. The topological polar surface area (TPSA) is 52.6 Å². The van der Waals surface area contributed by atoms with Gasteiger partial charge in [-0.05, 0) is 24.7 Å². The Morgan fingerprint density at radius 1 is 0.636 bits per heavy atom. The summed E-state index contributed by atoms with van der Waals surface area (Å²) in [7, 11) is 0. The molecule has 0 saturated heterocycles. The lowest BCUT2D eigenvalue weighted by Crippen LogP contribution is -2.13. The summed E-state index contributed by atoms with van der Waals surface area (Å²) in [6.07, 6.45) is 1.91. The highest BCUT2D eigenvalue weighted by atomic mass is 16.5. The molecule has 0 heterocycles.